The molecule has 0 saturated carbocycles. The molecule has 0 radical (unpaired) electrons. The van der Waals surface area contributed by atoms with Gasteiger partial charge in [-0.3, -0.25) is 9.69 Å². The Morgan fingerprint density at radius 1 is 1.52 bits per heavy atom. The van der Waals surface area contributed by atoms with Crippen LogP contribution in [0.2, 0.25) is 0 Å². The second-order valence-electron chi connectivity index (χ2n) is 5.44. The maximum Gasteiger partial charge on any atom is 0.235 e. The molecule has 6 heteroatoms. The quantitative estimate of drug-likeness (QED) is 0.800. The van der Waals surface area contributed by atoms with E-state index in [2.05, 4.69) is 28.8 Å². The van der Waals surface area contributed by atoms with Crippen LogP contribution >= 0.6 is 11.8 Å². The Morgan fingerprint density at radius 2 is 2.24 bits per heavy atom. The monoisotopic (exact) mass is 308 g/mol. The number of hydrogen-bond acceptors (Lipinski definition) is 5. The van der Waals surface area contributed by atoms with Crippen molar-refractivity contribution in [1.82, 2.24) is 19.8 Å². The molecule has 2 rings (SSSR count). The molecule has 116 valence electrons. The molecule has 0 N–H and O–H groups in total. The van der Waals surface area contributed by atoms with Gasteiger partial charge in [-0.1, -0.05) is 6.92 Å². The normalized spacial score (nSPS) is 20.0. The molecule has 0 spiro atoms. The van der Waals surface area contributed by atoms with Crippen LogP contribution in [0.5, 0.6) is 0 Å². The van der Waals surface area contributed by atoms with E-state index in [1.807, 2.05) is 17.2 Å². The van der Waals surface area contributed by atoms with Crippen LogP contribution in [0.4, 0.5) is 0 Å². The summed E-state index contributed by atoms with van der Waals surface area (Å²) in [6.07, 6.45) is 7.48. The van der Waals surface area contributed by atoms with Gasteiger partial charge in [0.05, 0.1) is 11.8 Å². The third-order valence-corrected chi connectivity index (χ3v) is 5.14. The molecule has 1 aliphatic heterocycles. The Morgan fingerprint density at radius 3 is 2.86 bits per heavy atom. The molecular weight excluding hydrogens is 284 g/mol. The maximum atomic E-state index is 12.4. The summed E-state index contributed by atoms with van der Waals surface area (Å²) in [7, 11) is 2.08. The van der Waals surface area contributed by atoms with E-state index in [1.165, 1.54) is 0 Å². The molecule has 0 unspecified atom stereocenters. The van der Waals surface area contributed by atoms with Crippen LogP contribution < -0.4 is 0 Å². The van der Waals surface area contributed by atoms with E-state index in [-0.39, 0.29) is 11.2 Å². The molecule has 5 nitrogen and oxygen atoms in total. The van der Waals surface area contributed by atoms with Crippen LogP contribution in [0.15, 0.2) is 18.5 Å². The van der Waals surface area contributed by atoms with Gasteiger partial charge in [-0.15, -0.1) is 0 Å². The maximum absolute atomic E-state index is 12.4. The Hall–Kier alpha value is -1.14. The minimum Gasteiger partial charge on any atom is -0.340 e. The average Bonchev–Trinajstić information content (AvgIpc) is 2.99. The van der Waals surface area contributed by atoms with E-state index < -0.39 is 0 Å². The van der Waals surface area contributed by atoms with Crippen LogP contribution in [0.1, 0.15) is 25.6 Å². The van der Waals surface area contributed by atoms with Crippen molar-refractivity contribution in [3.05, 3.63) is 24.3 Å². The van der Waals surface area contributed by atoms with Crippen molar-refractivity contribution in [2.45, 2.75) is 37.6 Å². The fraction of sp³-hybridized carbons (Fsp3) is 0.667. The van der Waals surface area contributed by atoms with E-state index in [1.54, 1.807) is 24.2 Å². The number of rotatable bonds is 6. The number of carbonyl (C=O) groups is 1. The van der Waals surface area contributed by atoms with Gasteiger partial charge < -0.3 is 4.90 Å². The van der Waals surface area contributed by atoms with Crippen LogP contribution in [0.25, 0.3) is 0 Å². The highest BCUT2D eigenvalue weighted by Gasteiger charge is 2.31. The second-order valence-corrected chi connectivity index (χ2v) is 6.48. The Labute approximate surface area is 131 Å². The SMILES string of the molecule is CC[C@H](SC)C(=O)N1CC[C@@H](N(C)Cc2ncccn2)C1. The molecule has 0 aromatic carbocycles. The Balaban J connectivity index is 1.88. The minimum absolute atomic E-state index is 0.103. The van der Waals surface area contributed by atoms with Crippen LogP contribution in [0, 0.1) is 0 Å². The first-order valence-electron chi connectivity index (χ1n) is 7.43. The van der Waals surface area contributed by atoms with E-state index >= 15 is 0 Å². The van der Waals surface area contributed by atoms with Gasteiger partial charge in [0.15, 0.2) is 0 Å². The van der Waals surface area contributed by atoms with Crippen molar-refractivity contribution >= 4 is 17.7 Å². The van der Waals surface area contributed by atoms with Crippen LogP contribution in [-0.2, 0) is 11.3 Å². The minimum atomic E-state index is 0.103. The number of thioether (sulfide) groups is 1. The van der Waals surface area contributed by atoms with E-state index in [4.69, 9.17) is 0 Å². The molecule has 0 bridgehead atoms. The predicted octanol–water partition coefficient (Wildman–Crippen LogP) is 1.65. The molecule has 2 atom stereocenters. The highest BCUT2D eigenvalue weighted by molar-refractivity contribution is 7.99. The van der Waals surface area contributed by atoms with Gasteiger partial charge >= 0.3 is 0 Å². The summed E-state index contributed by atoms with van der Waals surface area (Å²) in [6, 6.07) is 2.23. The van der Waals surface area contributed by atoms with Gasteiger partial charge in [-0.2, -0.15) is 11.8 Å². The summed E-state index contributed by atoms with van der Waals surface area (Å²) in [5, 5.41) is 0.103. The number of nitrogens with zero attached hydrogens (tertiary/aromatic N) is 4. The van der Waals surface area contributed by atoms with Crippen molar-refractivity contribution in [3.63, 3.8) is 0 Å². The first kappa shape index (κ1) is 16.2. The fourth-order valence-corrected chi connectivity index (χ4v) is 3.40. The highest BCUT2D eigenvalue weighted by Crippen LogP contribution is 2.21. The van der Waals surface area contributed by atoms with E-state index in [0.29, 0.717) is 6.04 Å². The lowest BCUT2D eigenvalue weighted by Crippen LogP contribution is -2.39. The zero-order valence-corrected chi connectivity index (χ0v) is 13.8. The molecular formula is C15H24N4OS. The van der Waals surface area contributed by atoms with Gasteiger partial charge in [0.1, 0.15) is 5.82 Å². The van der Waals surface area contributed by atoms with Gasteiger partial charge in [0, 0.05) is 31.5 Å². The van der Waals surface area contributed by atoms with Crippen molar-refractivity contribution in [3.8, 4) is 0 Å². The molecule has 1 fully saturated rings. The number of hydrogen-bond donors (Lipinski definition) is 0. The van der Waals surface area contributed by atoms with E-state index in [9.17, 15) is 4.79 Å². The summed E-state index contributed by atoms with van der Waals surface area (Å²) < 4.78 is 0. The average molecular weight is 308 g/mol. The molecule has 1 aromatic rings. The van der Waals surface area contributed by atoms with Crippen molar-refractivity contribution in [2.75, 3.05) is 26.4 Å². The fourth-order valence-electron chi connectivity index (χ4n) is 2.71. The number of aromatic nitrogens is 2. The van der Waals surface area contributed by atoms with E-state index in [0.717, 1.165) is 38.3 Å². The number of amides is 1. The standard InChI is InChI=1S/C15H24N4OS/c1-4-13(21-3)15(20)19-9-6-12(10-19)18(2)11-14-16-7-5-8-17-14/h5,7-8,12-13H,4,6,9-11H2,1-3H3/t12-,13+/m1/s1. The molecule has 0 aliphatic carbocycles. The Kier molecular flexibility index (Phi) is 5.99. The topological polar surface area (TPSA) is 49.3 Å². The molecule has 1 aromatic heterocycles. The summed E-state index contributed by atoms with van der Waals surface area (Å²) in [4.78, 5) is 25.2. The van der Waals surface area contributed by atoms with Crippen molar-refractivity contribution in [1.29, 1.82) is 0 Å². The lowest BCUT2D eigenvalue weighted by Gasteiger charge is -2.25. The molecule has 2 heterocycles. The van der Waals surface area contributed by atoms with Crippen molar-refractivity contribution < 1.29 is 4.79 Å². The number of carbonyl (C=O) groups excluding carboxylic acids is 1. The molecule has 1 amide bonds. The first-order chi connectivity index (χ1) is 10.2. The van der Waals surface area contributed by atoms with Gasteiger partial charge in [0.2, 0.25) is 5.91 Å². The first-order valence-corrected chi connectivity index (χ1v) is 8.72. The van der Waals surface area contributed by atoms with Gasteiger partial charge in [-0.05, 0) is 32.2 Å². The zero-order chi connectivity index (χ0) is 15.2. The lowest BCUT2D eigenvalue weighted by molar-refractivity contribution is -0.129. The third kappa shape index (κ3) is 4.17. The molecule has 1 saturated heterocycles. The largest absolute Gasteiger partial charge is 0.340 e. The summed E-state index contributed by atoms with van der Waals surface area (Å²) in [5.74, 6) is 1.12. The Bertz CT molecular complexity index is 452. The highest BCUT2D eigenvalue weighted by atomic mass is 32.2. The molecule has 21 heavy (non-hydrogen) atoms. The zero-order valence-electron chi connectivity index (χ0n) is 13.0. The van der Waals surface area contributed by atoms with Gasteiger partial charge in [-0.25, -0.2) is 9.97 Å². The third-order valence-electron chi connectivity index (χ3n) is 4.04. The van der Waals surface area contributed by atoms with Crippen molar-refractivity contribution in [2.24, 2.45) is 0 Å². The predicted molar refractivity (Wildman–Crippen MR) is 86.1 cm³/mol. The summed E-state index contributed by atoms with van der Waals surface area (Å²) in [6.45, 7) is 4.48. The molecule has 1 aliphatic rings. The summed E-state index contributed by atoms with van der Waals surface area (Å²) in [5.41, 5.74) is 0. The van der Waals surface area contributed by atoms with Crippen LogP contribution in [0.3, 0.4) is 0 Å². The lowest BCUT2D eigenvalue weighted by atomic mass is 10.2. The summed E-state index contributed by atoms with van der Waals surface area (Å²) >= 11 is 1.65. The number of likely N-dealkylation sites (tertiary alicyclic amines) is 1. The smallest absolute Gasteiger partial charge is 0.235 e. The second kappa shape index (κ2) is 7.75. The van der Waals surface area contributed by atoms with Crippen LogP contribution in [-0.4, -0.2) is 63.4 Å². The van der Waals surface area contributed by atoms with Gasteiger partial charge in [0.25, 0.3) is 0 Å². The number of likely N-dealkylation sites (N-methyl/N-ethyl adjacent to an activating group) is 1.